The lowest BCUT2D eigenvalue weighted by Gasteiger charge is -2.10. The quantitative estimate of drug-likeness (QED) is 0.871. The van der Waals surface area contributed by atoms with Gasteiger partial charge in [0.2, 0.25) is 5.82 Å². The predicted molar refractivity (Wildman–Crippen MR) is 69.0 cm³/mol. The van der Waals surface area contributed by atoms with E-state index in [1.165, 1.54) is 6.42 Å². The Morgan fingerprint density at radius 3 is 2.89 bits per heavy atom. The second-order valence-corrected chi connectivity index (χ2v) is 4.63. The lowest BCUT2D eigenvalue weighted by Crippen LogP contribution is -2.16. The highest BCUT2D eigenvalue weighted by molar-refractivity contribution is 5.52. The molecule has 2 heterocycles. The van der Waals surface area contributed by atoms with Crippen LogP contribution >= 0.6 is 0 Å². The Hall–Kier alpha value is -1.75. The summed E-state index contributed by atoms with van der Waals surface area (Å²) >= 11 is 0. The van der Waals surface area contributed by atoms with Crippen molar-refractivity contribution in [2.24, 2.45) is 0 Å². The van der Waals surface area contributed by atoms with Gasteiger partial charge in [0.1, 0.15) is 0 Å². The molecule has 1 N–H and O–H groups in total. The fourth-order valence-electron chi connectivity index (χ4n) is 2.31. The molecule has 3 rings (SSSR count). The van der Waals surface area contributed by atoms with Gasteiger partial charge in [-0.25, -0.2) is 0 Å². The third-order valence-electron chi connectivity index (χ3n) is 3.33. The van der Waals surface area contributed by atoms with Crippen LogP contribution in [0.15, 0.2) is 30.3 Å². The van der Waals surface area contributed by atoms with Crippen LogP contribution in [0.5, 0.6) is 0 Å². The molecule has 0 bridgehead atoms. The molecule has 94 valence electrons. The van der Waals surface area contributed by atoms with E-state index < -0.39 is 0 Å². The number of nitrogens with zero attached hydrogens (tertiary/aromatic N) is 4. The van der Waals surface area contributed by atoms with Gasteiger partial charge in [-0.05, 0) is 37.6 Å². The van der Waals surface area contributed by atoms with Crippen molar-refractivity contribution >= 4 is 0 Å². The molecule has 1 aromatic carbocycles. The molecule has 0 amide bonds. The van der Waals surface area contributed by atoms with Gasteiger partial charge in [-0.3, -0.25) is 0 Å². The summed E-state index contributed by atoms with van der Waals surface area (Å²) in [6, 6.07) is 10.4. The molecule has 0 radical (unpaired) electrons. The summed E-state index contributed by atoms with van der Waals surface area (Å²) in [6.07, 6.45) is 3.37. The van der Waals surface area contributed by atoms with Crippen molar-refractivity contribution < 1.29 is 0 Å². The number of benzene rings is 1. The van der Waals surface area contributed by atoms with E-state index in [-0.39, 0.29) is 0 Å². The van der Waals surface area contributed by atoms with Crippen LogP contribution in [0.3, 0.4) is 0 Å². The number of tetrazole rings is 1. The average Bonchev–Trinajstić information content (AvgIpc) is 2.76. The normalized spacial score (nSPS) is 20.6. The van der Waals surface area contributed by atoms with Crippen LogP contribution in [0.2, 0.25) is 0 Å². The molecule has 2 aromatic rings. The number of hydrogen-bond acceptors (Lipinski definition) is 4. The van der Waals surface area contributed by atoms with E-state index in [1.54, 1.807) is 4.80 Å². The summed E-state index contributed by atoms with van der Waals surface area (Å²) < 4.78 is 0. The van der Waals surface area contributed by atoms with Gasteiger partial charge in [-0.1, -0.05) is 30.3 Å². The minimum absolute atomic E-state index is 0.380. The average molecular weight is 243 g/mol. The molecule has 0 saturated carbocycles. The summed E-state index contributed by atoms with van der Waals surface area (Å²) in [5.74, 6) is 0.716. The van der Waals surface area contributed by atoms with Gasteiger partial charge in [0, 0.05) is 5.56 Å². The Morgan fingerprint density at radius 2 is 2.00 bits per heavy atom. The van der Waals surface area contributed by atoms with Gasteiger partial charge in [-0.15, -0.1) is 10.2 Å². The fourth-order valence-corrected chi connectivity index (χ4v) is 2.31. The van der Waals surface area contributed by atoms with Crippen LogP contribution in [-0.4, -0.2) is 33.3 Å². The van der Waals surface area contributed by atoms with Gasteiger partial charge < -0.3 is 5.32 Å². The highest BCUT2D eigenvalue weighted by atomic mass is 15.6. The van der Waals surface area contributed by atoms with Gasteiger partial charge in [0.25, 0.3) is 0 Å². The molecule has 1 aromatic heterocycles. The van der Waals surface area contributed by atoms with Crippen LogP contribution in [0.4, 0.5) is 0 Å². The number of rotatable bonds is 2. The van der Waals surface area contributed by atoms with Crippen molar-refractivity contribution in [3.05, 3.63) is 30.3 Å². The van der Waals surface area contributed by atoms with Crippen LogP contribution in [0, 0.1) is 0 Å². The number of aromatic nitrogens is 4. The van der Waals surface area contributed by atoms with Gasteiger partial charge in [-0.2, -0.15) is 4.80 Å². The number of hydrogen-bond donors (Lipinski definition) is 1. The second-order valence-electron chi connectivity index (χ2n) is 4.63. The Balaban J connectivity index is 1.80. The van der Waals surface area contributed by atoms with Crippen molar-refractivity contribution in [3.8, 4) is 11.4 Å². The maximum absolute atomic E-state index is 4.51. The lowest BCUT2D eigenvalue weighted by atomic mass is 10.1. The molecule has 1 aliphatic rings. The van der Waals surface area contributed by atoms with Crippen LogP contribution < -0.4 is 5.32 Å². The first-order valence-corrected chi connectivity index (χ1v) is 6.49. The van der Waals surface area contributed by atoms with E-state index >= 15 is 0 Å². The first kappa shape index (κ1) is 11.3. The summed E-state index contributed by atoms with van der Waals surface area (Å²) in [5.41, 5.74) is 1.02. The summed E-state index contributed by atoms with van der Waals surface area (Å²) in [7, 11) is 0. The molecule has 18 heavy (non-hydrogen) atoms. The van der Waals surface area contributed by atoms with E-state index in [9.17, 15) is 0 Å². The lowest BCUT2D eigenvalue weighted by molar-refractivity contribution is 0.364. The SMILES string of the molecule is c1ccc(-c2nnn(C3CCCNCC3)n2)cc1. The Labute approximate surface area is 106 Å². The zero-order chi connectivity index (χ0) is 12.2. The maximum Gasteiger partial charge on any atom is 0.204 e. The minimum Gasteiger partial charge on any atom is -0.317 e. The van der Waals surface area contributed by atoms with E-state index in [2.05, 4.69) is 20.7 Å². The second kappa shape index (κ2) is 5.27. The van der Waals surface area contributed by atoms with Gasteiger partial charge in [0.05, 0.1) is 6.04 Å². The minimum atomic E-state index is 0.380. The Bertz CT molecular complexity index is 485. The monoisotopic (exact) mass is 243 g/mol. The summed E-state index contributed by atoms with van der Waals surface area (Å²) in [5, 5.41) is 16.3. The van der Waals surface area contributed by atoms with E-state index in [0.29, 0.717) is 11.9 Å². The van der Waals surface area contributed by atoms with Crippen LogP contribution in [-0.2, 0) is 0 Å². The predicted octanol–water partition coefficient (Wildman–Crippen LogP) is 1.65. The largest absolute Gasteiger partial charge is 0.317 e. The van der Waals surface area contributed by atoms with E-state index in [1.807, 2.05) is 30.3 Å². The molecule has 5 heteroatoms. The third kappa shape index (κ3) is 2.41. The smallest absolute Gasteiger partial charge is 0.204 e. The number of nitrogens with one attached hydrogen (secondary N) is 1. The first-order chi connectivity index (χ1) is 8.93. The van der Waals surface area contributed by atoms with E-state index in [4.69, 9.17) is 0 Å². The van der Waals surface area contributed by atoms with Crippen molar-refractivity contribution in [3.63, 3.8) is 0 Å². The molecule has 1 saturated heterocycles. The topological polar surface area (TPSA) is 55.6 Å². The zero-order valence-corrected chi connectivity index (χ0v) is 10.3. The zero-order valence-electron chi connectivity index (χ0n) is 10.3. The van der Waals surface area contributed by atoms with Crippen LogP contribution in [0.1, 0.15) is 25.3 Å². The maximum atomic E-state index is 4.51. The van der Waals surface area contributed by atoms with Crippen molar-refractivity contribution in [1.82, 2.24) is 25.5 Å². The molecule has 1 aliphatic heterocycles. The molecule has 1 unspecified atom stereocenters. The third-order valence-corrected chi connectivity index (χ3v) is 3.33. The molecule has 5 nitrogen and oxygen atoms in total. The van der Waals surface area contributed by atoms with Crippen molar-refractivity contribution in [2.75, 3.05) is 13.1 Å². The van der Waals surface area contributed by atoms with Crippen molar-refractivity contribution in [2.45, 2.75) is 25.3 Å². The van der Waals surface area contributed by atoms with Crippen molar-refractivity contribution in [1.29, 1.82) is 0 Å². The van der Waals surface area contributed by atoms with Gasteiger partial charge in [0.15, 0.2) is 0 Å². The summed E-state index contributed by atoms with van der Waals surface area (Å²) in [4.78, 5) is 1.79. The van der Waals surface area contributed by atoms with E-state index in [0.717, 1.165) is 31.5 Å². The Kier molecular flexibility index (Phi) is 3.32. The first-order valence-electron chi connectivity index (χ1n) is 6.49. The molecular weight excluding hydrogens is 226 g/mol. The molecule has 1 fully saturated rings. The standard InChI is InChI=1S/C13H17N5/c1-2-5-11(6-3-1)13-15-17-18(16-13)12-7-4-9-14-10-8-12/h1-3,5-6,12,14H,4,7-10H2. The molecule has 0 aliphatic carbocycles. The summed E-state index contributed by atoms with van der Waals surface area (Å²) in [6.45, 7) is 2.13. The highest BCUT2D eigenvalue weighted by Crippen LogP contribution is 2.19. The molecule has 1 atom stereocenters. The van der Waals surface area contributed by atoms with Gasteiger partial charge >= 0.3 is 0 Å². The molecular formula is C13H17N5. The highest BCUT2D eigenvalue weighted by Gasteiger charge is 2.17. The Morgan fingerprint density at radius 1 is 1.11 bits per heavy atom. The fraction of sp³-hybridized carbons (Fsp3) is 0.462. The molecule has 0 spiro atoms. The van der Waals surface area contributed by atoms with Crippen LogP contribution in [0.25, 0.3) is 11.4 Å².